The third-order valence-electron chi connectivity index (χ3n) is 4.78. The van der Waals surface area contributed by atoms with Crippen LogP contribution in [0.5, 0.6) is 5.75 Å². The number of nitrogens with zero attached hydrogens (tertiary/aromatic N) is 4. The van der Waals surface area contributed by atoms with Gasteiger partial charge in [0.1, 0.15) is 17.7 Å². The van der Waals surface area contributed by atoms with Crippen molar-refractivity contribution in [3.05, 3.63) is 52.1 Å². The van der Waals surface area contributed by atoms with Gasteiger partial charge in [-0.2, -0.15) is 23.4 Å². The molecule has 0 N–H and O–H groups in total. The van der Waals surface area contributed by atoms with Gasteiger partial charge >= 0.3 is 12.1 Å². The lowest BCUT2D eigenvalue weighted by atomic mass is 10.2. The van der Waals surface area contributed by atoms with E-state index in [1.807, 2.05) is 0 Å². The number of aromatic nitrogens is 4. The summed E-state index contributed by atoms with van der Waals surface area (Å²) in [7, 11) is 1.51. The van der Waals surface area contributed by atoms with Gasteiger partial charge in [0.2, 0.25) is 0 Å². The number of rotatable bonds is 9. The van der Waals surface area contributed by atoms with Crippen LogP contribution in [-0.2, 0) is 27.0 Å². The zero-order valence-corrected chi connectivity index (χ0v) is 18.3. The summed E-state index contributed by atoms with van der Waals surface area (Å²) in [6.07, 6.45) is -3.68. The summed E-state index contributed by atoms with van der Waals surface area (Å²) in [5.74, 6) is 0.0170. The van der Waals surface area contributed by atoms with Gasteiger partial charge in [-0.1, -0.05) is 12.1 Å². The van der Waals surface area contributed by atoms with Crippen molar-refractivity contribution in [2.24, 2.45) is 0 Å². The van der Waals surface area contributed by atoms with Crippen LogP contribution in [0, 0.1) is 0 Å². The van der Waals surface area contributed by atoms with Crippen molar-refractivity contribution >= 4 is 16.9 Å². The molecule has 0 bridgehead atoms. The first-order valence-corrected chi connectivity index (χ1v) is 10.1. The standard InChI is InChI=1S/C21H23F3N4O5/c1-4-33-17(29)12-32-11-13(2)28-16-9-25-27(10-14-5-7-15(31-3)8-6-14)20(30)18(16)19(26-28)21(22,23)24/h5-9,13H,4,10-12H2,1-3H3. The summed E-state index contributed by atoms with van der Waals surface area (Å²) in [6.45, 7) is 2.88. The van der Waals surface area contributed by atoms with Crippen LogP contribution in [0.15, 0.2) is 35.3 Å². The minimum atomic E-state index is -4.85. The maximum absolute atomic E-state index is 13.7. The van der Waals surface area contributed by atoms with Gasteiger partial charge in [-0.3, -0.25) is 9.48 Å². The van der Waals surface area contributed by atoms with Crippen molar-refractivity contribution in [2.45, 2.75) is 32.6 Å². The first kappa shape index (κ1) is 24.2. The molecule has 178 valence electrons. The molecular weight excluding hydrogens is 445 g/mol. The number of hydrogen-bond acceptors (Lipinski definition) is 7. The Balaban J connectivity index is 1.94. The summed E-state index contributed by atoms with van der Waals surface area (Å²) in [4.78, 5) is 24.4. The fourth-order valence-electron chi connectivity index (χ4n) is 3.22. The Morgan fingerprint density at radius 1 is 1.21 bits per heavy atom. The van der Waals surface area contributed by atoms with Gasteiger partial charge in [0.25, 0.3) is 5.56 Å². The smallest absolute Gasteiger partial charge is 0.435 e. The predicted molar refractivity (Wildman–Crippen MR) is 111 cm³/mol. The lowest BCUT2D eigenvalue weighted by molar-refractivity contribution is -0.148. The summed E-state index contributed by atoms with van der Waals surface area (Å²) >= 11 is 0. The summed E-state index contributed by atoms with van der Waals surface area (Å²) in [5, 5.41) is 7.12. The van der Waals surface area contributed by atoms with Gasteiger partial charge in [-0.15, -0.1) is 0 Å². The summed E-state index contributed by atoms with van der Waals surface area (Å²) in [5.41, 5.74) is -1.64. The van der Waals surface area contributed by atoms with E-state index in [0.717, 1.165) is 9.36 Å². The lowest BCUT2D eigenvalue weighted by Gasteiger charge is -2.14. The third-order valence-corrected chi connectivity index (χ3v) is 4.78. The Bertz CT molecular complexity index is 1170. The Kier molecular flexibility index (Phi) is 7.36. The zero-order chi connectivity index (χ0) is 24.2. The highest BCUT2D eigenvalue weighted by Gasteiger charge is 2.39. The molecule has 33 heavy (non-hydrogen) atoms. The predicted octanol–water partition coefficient (Wildman–Crippen LogP) is 2.81. The van der Waals surface area contributed by atoms with E-state index in [1.54, 1.807) is 38.1 Å². The average Bonchev–Trinajstić information content (AvgIpc) is 3.17. The fourth-order valence-corrected chi connectivity index (χ4v) is 3.22. The molecule has 9 nitrogen and oxygen atoms in total. The normalized spacial score (nSPS) is 12.7. The Morgan fingerprint density at radius 3 is 2.52 bits per heavy atom. The van der Waals surface area contributed by atoms with E-state index >= 15 is 0 Å². The molecular formula is C21H23F3N4O5. The average molecular weight is 468 g/mol. The number of halogens is 3. The second kappa shape index (κ2) is 10.0. The minimum Gasteiger partial charge on any atom is -0.497 e. The molecule has 1 unspecified atom stereocenters. The molecule has 0 fully saturated rings. The molecule has 3 aromatic rings. The number of fused-ring (bicyclic) bond motifs is 1. The van der Waals surface area contributed by atoms with Crippen molar-refractivity contribution in [1.29, 1.82) is 0 Å². The highest BCUT2D eigenvalue weighted by atomic mass is 19.4. The molecule has 0 spiro atoms. The Hall–Kier alpha value is -3.41. The van der Waals surface area contributed by atoms with Crippen molar-refractivity contribution in [1.82, 2.24) is 19.6 Å². The van der Waals surface area contributed by atoms with Crippen LogP contribution in [0.3, 0.4) is 0 Å². The monoisotopic (exact) mass is 468 g/mol. The quantitative estimate of drug-likeness (QED) is 0.446. The molecule has 0 aliphatic rings. The van der Waals surface area contributed by atoms with Crippen LogP contribution in [0.25, 0.3) is 10.9 Å². The number of hydrogen-bond donors (Lipinski definition) is 0. The van der Waals surface area contributed by atoms with Crippen molar-refractivity contribution in [3.8, 4) is 5.75 Å². The molecule has 1 aromatic carbocycles. The largest absolute Gasteiger partial charge is 0.497 e. The van der Waals surface area contributed by atoms with E-state index in [4.69, 9.17) is 14.2 Å². The Labute approximate surface area is 186 Å². The van der Waals surface area contributed by atoms with E-state index in [1.165, 1.54) is 13.3 Å². The SMILES string of the molecule is CCOC(=O)COCC(C)n1nc(C(F)(F)F)c2c(=O)n(Cc3ccc(OC)cc3)ncc21. The van der Waals surface area contributed by atoms with Gasteiger partial charge in [0, 0.05) is 0 Å². The molecule has 2 aromatic heterocycles. The summed E-state index contributed by atoms with van der Waals surface area (Å²) < 4.78 is 58.2. The van der Waals surface area contributed by atoms with Gasteiger partial charge in [0.05, 0.1) is 44.6 Å². The molecule has 0 aliphatic carbocycles. The van der Waals surface area contributed by atoms with Gasteiger partial charge in [0.15, 0.2) is 5.69 Å². The molecule has 0 radical (unpaired) electrons. The van der Waals surface area contributed by atoms with Gasteiger partial charge in [-0.05, 0) is 31.5 Å². The van der Waals surface area contributed by atoms with Crippen LogP contribution in [-0.4, -0.2) is 52.5 Å². The number of alkyl halides is 3. The second-order valence-corrected chi connectivity index (χ2v) is 7.18. The van der Waals surface area contributed by atoms with Crippen LogP contribution in [0.2, 0.25) is 0 Å². The molecule has 0 saturated heterocycles. The molecule has 2 heterocycles. The van der Waals surface area contributed by atoms with Crippen LogP contribution < -0.4 is 10.3 Å². The van der Waals surface area contributed by atoms with E-state index in [2.05, 4.69) is 10.2 Å². The molecule has 0 saturated carbocycles. The number of benzene rings is 1. The Morgan fingerprint density at radius 2 is 1.91 bits per heavy atom. The number of ether oxygens (including phenoxy) is 3. The first-order chi connectivity index (χ1) is 15.7. The van der Waals surface area contributed by atoms with Gasteiger partial charge < -0.3 is 14.2 Å². The number of carbonyl (C=O) groups is 1. The number of esters is 1. The van der Waals surface area contributed by atoms with E-state index in [9.17, 15) is 22.8 Å². The molecule has 0 aliphatic heterocycles. The minimum absolute atomic E-state index is 0.0283. The van der Waals surface area contributed by atoms with Crippen LogP contribution in [0.1, 0.15) is 31.1 Å². The summed E-state index contributed by atoms with van der Waals surface area (Å²) in [6, 6.07) is 6.02. The fraction of sp³-hybridized carbons (Fsp3) is 0.429. The highest BCUT2D eigenvalue weighted by molar-refractivity contribution is 5.80. The highest BCUT2D eigenvalue weighted by Crippen LogP contribution is 2.33. The van der Waals surface area contributed by atoms with E-state index in [0.29, 0.717) is 11.3 Å². The molecule has 12 heteroatoms. The van der Waals surface area contributed by atoms with Crippen LogP contribution >= 0.6 is 0 Å². The van der Waals surface area contributed by atoms with Crippen molar-refractivity contribution in [3.63, 3.8) is 0 Å². The van der Waals surface area contributed by atoms with E-state index in [-0.39, 0.29) is 31.9 Å². The van der Waals surface area contributed by atoms with Crippen molar-refractivity contribution < 1.29 is 32.2 Å². The van der Waals surface area contributed by atoms with Crippen LogP contribution in [0.4, 0.5) is 13.2 Å². The number of methoxy groups -OCH3 is 1. The molecule has 1 atom stereocenters. The zero-order valence-electron chi connectivity index (χ0n) is 18.3. The second-order valence-electron chi connectivity index (χ2n) is 7.18. The third kappa shape index (κ3) is 5.51. The first-order valence-electron chi connectivity index (χ1n) is 10.1. The molecule has 0 amide bonds. The van der Waals surface area contributed by atoms with Crippen molar-refractivity contribution in [2.75, 3.05) is 26.9 Å². The number of carbonyl (C=O) groups excluding carboxylic acids is 1. The van der Waals surface area contributed by atoms with E-state index < -0.39 is 34.8 Å². The lowest BCUT2D eigenvalue weighted by Crippen LogP contribution is -2.25. The topological polar surface area (TPSA) is 97.5 Å². The maximum Gasteiger partial charge on any atom is 0.435 e. The maximum atomic E-state index is 13.7. The molecule has 3 rings (SSSR count). The van der Waals surface area contributed by atoms with Gasteiger partial charge in [-0.25, -0.2) is 9.48 Å².